The first-order chi connectivity index (χ1) is 13.1. The Morgan fingerprint density at radius 1 is 1.18 bits per heavy atom. The number of carbonyl (C=O) groups excluding carboxylic acids is 1. The molecule has 1 atom stereocenters. The molecule has 10 heteroatoms. The number of halogens is 3. The highest BCUT2D eigenvalue weighted by Crippen LogP contribution is 2.35. The number of nitrogens with zero attached hydrogens (tertiary/aromatic N) is 2. The van der Waals surface area contributed by atoms with Crippen molar-refractivity contribution in [2.45, 2.75) is 43.8 Å². The van der Waals surface area contributed by atoms with Gasteiger partial charge >= 0.3 is 6.18 Å². The summed E-state index contributed by atoms with van der Waals surface area (Å²) in [6.45, 7) is 4.72. The van der Waals surface area contributed by atoms with E-state index in [4.69, 9.17) is 0 Å². The standard InChI is InChI=1S/C18H26F3N3O3S/c1-3-6-14(2)22-17(25)13-23-9-11-24(12-10-23)28(26,27)16-8-5-4-7-15(16)18(19,20)21/h4-5,7-8,14H,3,6,9-13H2,1-2H3,(H,22,25)/t14-/m0/s1. The van der Waals surface area contributed by atoms with E-state index in [9.17, 15) is 26.4 Å². The predicted octanol–water partition coefficient (Wildman–Crippen LogP) is 2.32. The largest absolute Gasteiger partial charge is 0.417 e. The average Bonchev–Trinajstić information content (AvgIpc) is 2.61. The smallest absolute Gasteiger partial charge is 0.353 e. The van der Waals surface area contributed by atoms with Crippen LogP contribution in [0.3, 0.4) is 0 Å². The van der Waals surface area contributed by atoms with Crippen molar-refractivity contribution >= 4 is 15.9 Å². The topological polar surface area (TPSA) is 69.7 Å². The van der Waals surface area contributed by atoms with Gasteiger partial charge in [-0.2, -0.15) is 17.5 Å². The number of benzene rings is 1. The molecule has 1 fully saturated rings. The van der Waals surface area contributed by atoms with Crippen LogP contribution in [0.25, 0.3) is 0 Å². The maximum atomic E-state index is 13.2. The molecule has 1 heterocycles. The third-order valence-corrected chi connectivity index (χ3v) is 6.59. The van der Waals surface area contributed by atoms with Crippen molar-refractivity contribution in [1.82, 2.24) is 14.5 Å². The van der Waals surface area contributed by atoms with Crippen LogP contribution in [0.5, 0.6) is 0 Å². The molecule has 1 aromatic carbocycles. The number of rotatable bonds is 7. The summed E-state index contributed by atoms with van der Waals surface area (Å²) < 4.78 is 66.0. The van der Waals surface area contributed by atoms with Gasteiger partial charge in [0.2, 0.25) is 15.9 Å². The molecule has 0 aliphatic carbocycles. The van der Waals surface area contributed by atoms with E-state index in [0.29, 0.717) is 0 Å². The molecule has 1 aromatic rings. The zero-order valence-electron chi connectivity index (χ0n) is 16.0. The van der Waals surface area contributed by atoms with Gasteiger partial charge in [0.1, 0.15) is 0 Å². The molecule has 1 N–H and O–H groups in total. The predicted molar refractivity (Wildman–Crippen MR) is 99.2 cm³/mol. The molecule has 2 rings (SSSR count). The lowest BCUT2D eigenvalue weighted by Gasteiger charge is -2.34. The minimum Gasteiger partial charge on any atom is -0.353 e. The first-order valence-corrected chi connectivity index (χ1v) is 10.7. The Balaban J connectivity index is 2.01. The van der Waals surface area contributed by atoms with Gasteiger partial charge in [0.05, 0.1) is 17.0 Å². The number of carbonyl (C=O) groups is 1. The second kappa shape index (κ2) is 9.23. The van der Waals surface area contributed by atoms with Crippen molar-refractivity contribution in [3.05, 3.63) is 29.8 Å². The molecule has 1 aliphatic heterocycles. The molecule has 0 aromatic heterocycles. The normalized spacial score (nSPS) is 18.0. The molecule has 28 heavy (non-hydrogen) atoms. The zero-order valence-corrected chi connectivity index (χ0v) is 16.8. The van der Waals surface area contributed by atoms with Crippen molar-refractivity contribution in [2.75, 3.05) is 32.7 Å². The Bertz CT molecular complexity index is 776. The highest BCUT2D eigenvalue weighted by Gasteiger charge is 2.39. The maximum Gasteiger partial charge on any atom is 0.417 e. The fourth-order valence-electron chi connectivity index (χ4n) is 3.22. The van der Waals surface area contributed by atoms with E-state index < -0.39 is 26.7 Å². The summed E-state index contributed by atoms with van der Waals surface area (Å²) in [4.78, 5) is 13.1. The monoisotopic (exact) mass is 421 g/mol. The number of amides is 1. The van der Waals surface area contributed by atoms with E-state index in [1.54, 1.807) is 4.90 Å². The molecule has 1 amide bonds. The van der Waals surface area contributed by atoms with Crippen LogP contribution in [-0.4, -0.2) is 62.3 Å². The van der Waals surface area contributed by atoms with Gasteiger partial charge in [0.15, 0.2) is 0 Å². The Kier molecular flexibility index (Phi) is 7.46. The van der Waals surface area contributed by atoms with Gasteiger partial charge in [0.25, 0.3) is 0 Å². The minimum atomic E-state index is -4.75. The number of nitrogens with one attached hydrogen (secondary N) is 1. The molecule has 6 nitrogen and oxygen atoms in total. The van der Waals surface area contributed by atoms with Crippen molar-refractivity contribution in [1.29, 1.82) is 0 Å². The lowest BCUT2D eigenvalue weighted by molar-refractivity contribution is -0.140. The van der Waals surface area contributed by atoms with Gasteiger partial charge in [0, 0.05) is 32.2 Å². The van der Waals surface area contributed by atoms with E-state index in [2.05, 4.69) is 5.32 Å². The summed E-state index contributed by atoms with van der Waals surface area (Å²) >= 11 is 0. The lowest BCUT2D eigenvalue weighted by atomic mass is 10.2. The van der Waals surface area contributed by atoms with Crippen molar-refractivity contribution in [3.8, 4) is 0 Å². The molecule has 0 radical (unpaired) electrons. The Hall–Kier alpha value is -1.65. The molecule has 0 bridgehead atoms. The highest BCUT2D eigenvalue weighted by molar-refractivity contribution is 7.89. The first kappa shape index (κ1) is 22.6. The van der Waals surface area contributed by atoms with Gasteiger partial charge in [-0.15, -0.1) is 0 Å². The third kappa shape index (κ3) is 5.68. The highest BCUT2D eigenvalue weighted by atomic mass is 32.2. The second-order valence-electron chi connectivity index (χ2n) is 6.93. The van der Waals surface area contributed by atoms with E-state index in [0.717, 1.165) is 35.3 Å². The van der Waals surface area contributed by atoms with Gasteiger partial charge in [-0.3, -0.25) is 9.69 Å². The van der Waals surface area contributed by atoms with Crippen LogP contribution in [0.4, 0.5) is 13.2 Å². The van der Waals surface area contributed by atoms with Gasteiger partial charge < -0.3 is 5.32 Å². The average molecular weight is 421 g/mol. The number of alkyl halides is 3. The molecular weight excluding hydrogens is 395 g/mol. The third-order valence-electron chi connectivity index (χ3n) is 4.64. The van der Waals surface area contributed by atoms with Crippen LogP contribution in [0, 0.1) is 0 Å². The summed E-state index contributed by atoms with van der Waals surface area (Å²) in [5, 5.41) is 2.88. The first-order valence-electron chi connectivity index (χ1n) is 9.23. The molecule has 0 unspecified atom stereocenters. The van der Waals surface area contributed by atoms with E-state index in [1.807, 2.05) is 13.8 Å². The number of hydrogen-bond donors (Lipinski definition) is 1. The minimum absolute atomic E-state index is 0.0340. The summed E-state index contributed by atoms with van der Waals surface area (Å²) in [5.41, 5.74) is -1.17. The van der Waals surface area contributed by atoms with Gasteiger partial charge in [-0.1, -0.05) is 25.5 Å². The van der Waals surface area contributed by atoms with Crippen molar-refractivity contribution < 1.29 is 26.4 Å². The lowest BCUT2D eigenvalue weighted by Crippen LogP contribution is -2.51. The molecule has 0 spiro atoms. The number of piperazine rings is 1. The quantitative estimate of drug-likeness (QED) is 0.734. The van der Waals surface area contributed by atoms with Crippen molar-refractivity contribution in [2.24, 2.45) is 0 Å². The fraction of sp³-hybridized carbons (Fsp3) is 0.611. The van der Waals surface area contributed by atoms with Crippen molar-refractivity contribution in [3.63, 3.8) is 0 Å². The Morgan fingerprint density at radius 2 is 1.79 bits per heavy atom. The summed E-state index contributed by atoms with van der Waals surface area (Å²) in [5.74, 6) is -0.139. The molecular formula is C18H26F3N3O3S. The maximum absolute atomic E-state index is 13.2. The van der Waals surface area contributed by atoms with Crippen LogP contribution >= 0.6 is 0 Å². The van der Waals surface area contributed by atoms with Crippen LogP contribution in [0.15, 0.2) is 29.2 Å². The number of hydrogen-bond acceptors (Lipinski definition) is 4. The number of sulfonamides is 1. The Morgan fingerprint density at radius 3 is 2.36 bits per heavy atom. The van der Waals surface area contributed by atoms with Gasteiger partial charge in [-0.25, -0.2) is 8.42 Å². The molecule has 1 aliphatic rings. The van der Waals surface area contributed by atoms with E-state index in [-0.39, 0.29) is 44.7 Å². The Labute approximate surface area is 163 Å². The van der Waals surface area contributed by atoms with Crippen LogP contribution < -0.4 is 5.32 Å². The van der Waals surface area contributed by atoms with Crippen LogP contribution in [0.1, 0.15) is 32.3 Å². The van der Waals surface area contributed by atoms with Crippen LogP contribution in [0.2, 0.25) is 0 Å². The summed E-state index contributed by atoms with van der Waals surface area (Å²) in [7, 11) is -4.27. The molecule has 0 saturated carbocycles. The van der Waals surface area contributed by atoms with Gasteiger partial charge in [-0.05, 0) is 25.5 Å². The SMILES string of the molecule is CCC[C@H](C)NC(=O)CN1CCN(S(=O)(=O)c2ccccc2C(F)(F)F)CC1. The van der Waals surface area contributed by atoms with Crippen LogP contribution in [-0.2, 0) is 21.0 Å². The fourth-order valence-corrected chi connectivity index (χ4v) is 4.86. The molecule has 1 saturated heterocycles. The van der Waals surface area contributed by atoms with E-state index >= 15 is 0 Å². The second-order valence-corrected chi connectivity index (χ2v) is 8.84. The zero-order chi connectivity index (χ0) is 20.9. The summed E-state index contributed by atoms with van der Waals surface area (Å²) in [6, 6.07) is 4.26. The molecule has 158 valence electrons. The summed E-state index contributed by atoms with van der Waals surface area (Å²) in [6.07, 6.45) is -2.92. The van der Waals surface area contributed by atoms with E-state index in [1.165, 1.54) is 6.07 Å².